The third-order valence-corrected chi connectivity index (χ3v) is 2.52. The summed E-state index contributed by atoms with van der Waals surface area (Å²) in [6.07, 6.45) is 3.06. The molecule has 1 saturated heterocycles. The van der Waals surface area contributed by atoms with Crippen molar-refractivity contribution in [2.45, 2.75) is 18.9 Å². The Labute approximate surface area is 110 Å². The zero-order chi connectivity index (χ0) is 14.3. The lowest BCUT2D eigenvalue weighted by Crippen LogP contribution is -2.29. The first kappa shape index (κ1) is 14.6. The molecule has 1 atom stereocenters. The summed E-state index contributed by atoms with van der Waals surface area (Å²) in [7, 11) is 0. The van der Waals surface area contributed by atoms with Crippen LogP contribution in [0.25, 0.3) is 0 Å². The molecule has 1 aromatic heterocycles. The molecule has 4 N–H and O–H groups in total. The van der Waals surface area contributed by atoms with E-state index in [9.17, 15) is 9.59 Å². The van der Waals surface area contributed by atoms with Gasteiger partial charge in [-0.05, 0) is 31.5 Å². The number of primary amides is 1. The Bertz CT molecular complexity index is 487. The minimum absolute atomic E-state index is 0.269. The zero-order valence-electron chi connectivity index (χ0n) is 10.2. The summed E-state index contributed by atoms with van der Waals surface area (Å²) in [4.78, 5) is 24.3. The van der Waals surface area contributed by atoms with Crippen LogP contribution in [0.4, 0.5) is 0 Å². The number of carbonyl (C=O) groups excluding carboxylic acids is 1. The third kappa shape index (κ3) is 4.73. The Morgan fingerprint density at radius 1 is 1.53 bits per heavy atom. The van der Waals surface area contributed by atoms with Crippen molar-refractivity contribution in [1.29, 1.82) is 5.26 Å². The van der Waals surface area contributed by atoms with E-state index >= 15 is 0 Å². The van der Waals surface area contributed by atoms with Crippen LogP contribution in [-0.4, -0.2) is 34.6 Å². The van der Waals surface area contributed by atoms with Gasteiger partial charge in [0.2, 0.25) is 5.91 Å². The number of nitrogens with zero attached hydrogens (tertiary/aromatic N) is 2. The molecule has 1 aromatic rings. The Morgan fingerprint density at radius 2 is 2.26 bits per heavy atom. The predicted molar refractivity (Wildman–Crippen MR) is 66.1 cm³/mol. The molecule has 2 heterocycles. The molecule has 1 amide bonds. The summed E-state index contributed by atoms with van der Waals surface area (Å²) < 4.78 is 0. The van der Waals surface area contributed by atoms with Crippen LogP contribution in [0.5, 0.6) is 0 Å². The summed E-state index contributed by atoms with van der Waals surface area (Å²) in [5.74, 6) is -1.26. The molecule has 100 valence electrons. The second-order valence-corrected chi connectivity index (χ2v) is 3.90. The summed E-state index contributed by atoms with van der Waals surface area (Å²) in [6, 6.07) is 4.47. The van der Waals surface area contributed by atoms with E-state index in [2.05, 4.69) is 10.3 Å². The number of carboxylic acid groups (broad SMARTS) is 1. The Morgan fingerprint density at radius 3 is 2.58 bits per heavy atom. The minimum atomic E-state index is -0.720. The van der Waals surface area contributed by atoms with Crippen molar-refractivity contribution in [1.82, 2.24) is 10.3 Å². The number of rotatable bonds is 2. The molecule has 7 heteroatoms. The predicted octanol–water partition coefficient (Wildman–Crippen LogP) is -0.125. The second-order valence-electron chi connectivity index (χ2n) is 3.90. The van der Waals surface area contributed by atoms with Gasteiger partial charge >= 0.3 is 5.97 Å². The van der Waals surface area contributed by atoms with Crippen molar-refractivity contribution in [3.63, 3.8) is 0 Å². The number of hydrogen-bond acceptors (Lipinski definition) is 5. The highest BCUT2D eigenvalue weighted by molar-refractivity contribution is 5.92. The molecule has 0 spiro atoms. The van der Waals surface area contributed by atoms with Crippen LogP contribution in [-0.2, 0) is 4.79 Å². The van der Waals surface area contributed by atoms with E-state index in [1.54, 1.807) is 0 Å². The molecule has 0 unspecified atom stereocenters. The molecular weight excluding hydrogens is 248 g/mol. The van der Waals surface area contributed by atoms with E-state index in [-0.39, 0.29) is 11.7 Å². The van der Waals surface area contributed by atoms with Gasteiger partial charge in [-0.1, -0.05) is 0 Å². The largest absolute Gasteiger partial charge is 0.480 e. The lowest BCUT2D eigenvalue weighted by Gasteiger charge is -1.99. The van der Waals surface area contributed by atoms with E-state index in [1.807, 2.05) is 6.07 Å². The van der Waals surface area contributed by atoms with Crippen molar-refractivity contribution in [2.75, 3.05) is 6.54 Å². The lowest BCUT2D eigenvalue weighted by molar-refractivity contribution is -0.139. The fourth-order valence-corrected chi connectivity index (χ4v) is 1.50. The van der Waals surface area contributed by atoms with Gasteiger partial charge in [0, 0.05) is 6.20 Å². The average Bonchev–Trinajstić information content (AvgIpc) is 2.93. The van der Waals surface area contributed by atoms with E-state index in [0.717, 1.165) is 19.4 Å². The standard InChI is InChI=1S/C7H5N3O.C5H9NO2/c8-3-6-2-1-5(4-10-6)7(9)11;7-5(8)4-2-1-3-6-4/h1-2,4H,(H2,9,11);4,6H,1-3H2,(H,7,8)/t;4-/m.0/s1. The number of carboxylic acids is 1. The second kappa shape index (κ2) is 7.08. The van der Waals surface area contributed by atoms with E-state index in [4.69, 9.17) is 16.1 Å². The highest BCUT2D eigenvalue weighted by Crippen LogP contribution is 2.03. The van der Waals surface area contributed by atoms with Crippen molar-refractivity contribution in [3.05, 3.63) is 29.6 Å². The number of aliphatic carboxylic acids is 1. The summed E-state index contributed by atoms with van der Waals surface area (Å²) in [5.41, 5.74) is 5.53. The maximum Gasteiger partial charge on any atom is 0.320 e. The van der Waals surface area contributed by atoms with Gasteiger partial charge in [0.25, 0.3) is 0 Å². The summed E-state index contributed by atoms with van der Waals surface area (Å²) >= 11 is 0. The summed E-state index contributed by atoms with van der Waals surface area (Å²) in [6.45, 7) is 0.858. The van der Waals surface area contributed by atoms with Crippen molar-refractivity contribution < 1.29 is 14.7 Å². The van der Waals surface area contributed by atoms with Crippen LogP contribution in [0.1, 0.15) is 28.9 Å². The van der Waals surface area contributed by atoms with Crippen molar-refractivity contribution in [3.8, 4) is 6.07 Å². The molecule has 19 heavy (non-hydrogen) atoms. The highest BCUT2D eigenvalue weighted by atomic mass is 16.4. The van der Waals surface area contributed by atoms with E-state index < -0.39 is 11.9 Å². The average molecular weight is 262 g/mol. The van der Waals surface area contributed by atoms with Crippen LogP contribution in [0.15, 0.2) is 18.3 Å². The van der Waals surface area contributed by atoms with E-state index in [0.29, 0.717) is 5.56 Å². The maximum absolute atomic E-state index is 10.5. The molecule has 0 radical (unpaired) electrons. The highest BCUT2D eigenvalue weighted by Gasteiger charge is 2.20. The van der Waals surface area contributed by atoms with Gasteiger partial charge in [-0.15, -0.1) is 0 Å². The zero-order valence-corrected chi connectivity index (χ0v) is 10.2. The van der Waals surface area contributed by atoms with Crippen LogP contribution in [0, 0.1) is 11.3 Å². The molecule has 0 aliphatic carbocycles. The quantitative estimate of drug-likeness (QED) is 0.681. The lowest BCUT2D eigenvalue weighted by atomic mass is 10.2. The third-order valence-electron chi connectivity index (χ3n) is 2.52. The van der Waals surface area contributed by atoms with Gasteiger partial charge in [0.1, 0.15) is 17.8 Å². The van der Waals surface area contributed by atoms with Gasteiger partial charge in [0.05, 0.1) is 5.56 Å². The van der Waals surface area contributed by atoms with Crippen LogP contribution in [0.3, 0.4) is 0 Å². The Hall–Kier alpha value is -2.46. The number of amides is 1. The number of nitriles is 1. The molecular formula is C12H14N4O3. The summed E-state index contributed by atoms with van der Waals surface area (Å²) in [5, 5.41) is 19.5. The van der Waals surface area contributed by atoms with Crippen molar-refractivity contribution >= 4 is 11.9 Å². The normalized spacial score (nSPS) is 16.9. The minimum Gasteiger partial charge on any atom is -0.480 e. The SMILES string of the molecule is N#Cc1ccc(C(N)=O)cn1.O=C(O)[C@@H]1CCCN1. The smallest absolute Gasteiger partial charge is 0.320 e. The Kier molecular flexibility index (Phi) is 5.44. The molecule has 0 bridgehead atoms. The first-order chi connectivity index (χ1) is 9.04. The molecule has 1 fully saturated rings. The van der Waals surface area contributed by atoms with E-state index in [1.165, 1.54) is 18.3 Å². The number of carbonyl (C=O) groups is 2. The monoisotopic (exact) mass is 262 g/mol. The van der Waals surface area contributed by atoms with Gasteiger partial charge < -0.3 is 16.2 Å². The number of nitrogens with one attached hydrogen (secondary N) is 1. The number of nitrogens with two attached hydrogens (primary N) is 1. The van der Waals surface area contributed by atoms with Gasteiger partial charge in [0.15, 0.2) is 0 Å². The van der Waals surface area contributed by atoms with Crippen LogP contribution in [0.2, 0.25) is 0 Å². The fourth-order valence-electron chi connectivity index (χ4n) is 1.50. The van der Waals surface area contributed by atoms with Crippen LogP contribution >= 0.6 is 0 Å². The first-order valence-corrected chi connectivity index (χ1v) is 5.66. The molecule has 2 rings (SSSR count). The Balaban J connectivity index is 0.000000200. The van der Waals surface area contributed by atoms with Gasteiger partial charge in [-0.2, -0.15) is 5.26 Å². The molecule has 0 saturated carbocycles. The first-order valence-electron chi connectivity index (χ1n) is 5.66. The molecule has 1 aliphatic heterocycles. The van der Waals surface area contributed by atoms with Crippen molar-refractivity contribution in [2.24, 2.45) is 5.73 Å². The maximum atomic E-state index is 10.5. The number of pyridine rings is 1. The molecule has 0 aromatic carbocycles. The molecule has 7 nitrogen and oxygen atoms in total. The van der Waals surface area contributed by atoms with Crippen LogP contribution < -0.4 is 11.1 Å². The fraction of sp³-hybridized carbons (Fsp3) is 0.333. The number of hydrogen-bond donors (Lipinski definition) is 3. The molecule has 1 aliphatic rings. The number of aromatic nitrogens is 1. The topological polar surface area (TPSA) is 129 Å². The van der Waals surface area contributed by atoms with Gasteiger partial charge in [-0.3, -0.25) is 9.59 Å². The van der Waals surface area contributed by atoms with Gasteiger partial charge in [-0.25, -0.2) is 4.98 Å².